The second-order valence-electron chi connectivity index (χ2n) is 5.41. The second-order valence-corrected chi connectivity index (χ2v) is 5.41. The molecule has 0 radical (unpaired) electrons. The summed E-state index contributed by atoms with van der Waals surface area (Å²) in [4.78, 5) is 24.9. The first-order valence-corrected chi connectivity index (χ1v) is 7.66. The SMILES string of the molecule is N#CC(C(=N)c1ccccc1)C(=O)C(=O)C(C#N)C(=N)c1ccccc1. The van der Waals surface area contributed by atoms with Gasteiger partial charge in [0.1, 0.15) is 0 Å². The number of carbonyl (C=O) groups excluding carboxylic acids is 2. The Hall–Kier alpha value is -3.90. The highest BCUT2D eigenvalue weighted by Gasteiger charge is 2.36. The molecule has 0 spiro atoms. The van der Waals surface area contributed by atoms with E-state index in [2.05, 4.69) is 0 Å². The highest BCUT2D eigenvalue weighted by molar-refractivity contribution is 6.48. The van der Waals surface area contributed by atoms with Crippen LogP contribution in [0, 0.1) is 45.3 Å². The van der Waals surface area contributed by atoms with Gasteiger partial charge < -0.3 is 10.8 Å². The predicted molar refractivity (Wildman–Crippen MR) is 94.8 cm³/mol. The molecule has 0 heterocycles. The zero-order valence-corrected chi connectivity index (χ0v) is 13.6. The summed E-state index contributed by atoms with van der Waals surface area (Å²) in [5.74, 6) is -5.56. The van der Waals surface area contributed by atoms with Crippen molar-refractivity contribution in [3.63, 3.8) is 0 Å². The first-order chi connectivity index (χ1) is 12.5. The van der Waals surface area contributed by atoms with Crippen LogP contribution in [0.4, 0.5) is 0 Å². The van der Waals surface area contributed by atoms with E-state index in [1.807, 2.05) is 0 Å². The van der Waals surface area contributed by atoms with E-state index in [4.69, 9.17) is 10.8 Å². The Balaban J connectivity index is 2.27. The Bertz CT molecular complexity index is 858. The molecule has 0 fully saturated rings. The number of nitrogens with one attached hydrogen (secondary N) is 2. The summed E-state index contributed by atoms with van der Waals surface area (Å²) in [5.41, 5.74) is 0.0578. The smallest absolute Gasteiger partial charge is 0.223 e. The molecule has 2 unspecified atom stereocenters. The van der Waals surface area contributed by atoms with E-state index in [0.29, 0.717) is 11.1 Å². The molecule has 0 bridgehead atoms. The summed E-state index contributed by atoms with van der Waals surface area (Å²) in [7, 11) is 0. The van der Waals surface area contributed by atoms with Crippen molar-refractivity contribution < 1.29 is 9.59 Å². The maximum absolute atomic E-state index is 12.5. The summed E-state index contributed by atoms with van der Waals surface area (Å²) < 4.78 is 0. The zero-order chi connectivity index (χ0) is 19.1. The fraction of sp³-hybridized carbons (Fsp3) is 0.100. The molecule has 2 rings (SSSR count). The number of hydrogen-bond donors (Lipinski definition) is 2. The summed E-state index contributed by atoms with van der Waals surface area (Å²) in [6, 6.07) is 19.6. The lowest BCUT2D eigenvalue weighted by Crippen LogP contribution is -2.36. The lowest BCUT2D eigenvalue weighted by atomic mass is 9.85. The van der Waals surface area contributed by atoms with Crippen LogP contribution in [0.25, 0.3) is 0 Å². The molecule has 26 heavy (non-hydrogen) atoms. The highest BCUT2D eigenvalue weighted by Crippen LogP contribution is 2.15. The number of hydrogen-bond acceptors (Lipinski definition) is 6. The fourth-order valence-corrected chi connectivity index (χ4v) is 2.36. The van der Waals surface area contributed by atoms with Crippen LogP contribution in [-0.4, -0.2) is 23.0 Å². The van der Waals surface area contributed by atoms with Gasteiger partial charge in [-0.2, -0.15) is 10.5 Å². The quantitative estimate of drug-likeness (QED) is 0.591. The number of rotatable bonds is 7. The summed E-state index contributed by atoms with van der Waals surface area (Å²) in [6.07, 6.45) is 0. The predicted octanol–water partition coefficient (Wildman–Crippen LogP) is 2.54. The average molecular weight is 342 g/mol. The molecule has 6 nitrogen and oxygen atoms in total. The number of ketones is 2. The maximum atomic E-state index is 12.5. The van der Waals surface area contributed by atoms with Crippen molar-refractivity contribution in [2.75, 3.05) is 0 Å². The van der Waals surface area contributed by atoms with Gasteiger partial charge in [-0.15, -0.1) is 0 Å². The fourth-order valence-electron chi connectivity index (χ4n) is 2.36. The van der Waals surface area contributed by atoms with Gasteiger partial charge in [-0.1, -0.05) is 60.7 Å². The van der Waals surface area contributed by atoms with Crippen molar-refractivity contribution >= 4 is 23.0 Å². The molecule has 126 valence electrons. The van der Waals surface area contributed by atoms with Gasteiger partial charge in [0.2, 0.25) is 11.6 Å². The lowest BCUT2D eigenvalue weighted by molar-refractivity contribution is -0.137. The molecular formula is C20H14N4O2. The highest BCUT2D eigenvalue weighted by atomic mass is 16.2. The van der Waals surface area contributed by atoms with Crippen LogP contribution in [0.2, 0.25) is 0 Å². The van der Waals surface area contributed by atoms with Crippen molar-refractivity contribution in [1.82, 2.24) is 0 Å². The monoisotopic (exact) mass is 342 g/mol. The average Bonchev–Trinajstić information content (AvgIpc) is 2.70. The van der Waals surface area contributed by atoms with E-state index in [1.54, 1.807) is 72.8 Å². The number of Topliss-reactive ketones (excluding diaryl/α,β-unsaturated/α-hetero) is 2. The molecule has 0 saturated carbocycles. The first-order valence-electron chi connectivity index (χ1n) is 7.66. The lowest BCUT2D eigenvalue weighted by Gasteiger charge is -2.13. The third kappa shape index (κ3) is 3.77. The molecule has 2 aromatic carbocycles. The number of carbonyl (C=O) groups is 2. The van der Waals surface area contributed by atoms with E-state index in [-0.39, 0.29) is 11.4 Å². The minimum absolute atomic E-state index is 0.311. The minimum atomic E-state index is -1.62. The summed E-state index contributed by atoms with van der Waals surface area (Å²) in [6.45, 7) is 0. The van der Waals surface area contributed by atoms with Gasteiger partial charge in [0, 0.05) is 0 Å². The van der Waals surface area contributed by atoms with Gasteiger partial charge in [-0.25, -0.2) is 0 Å². The second kappa shape index (κ2) is 8.27. The molecule has 0 aliphatic heterocycles. The van der Waals surface area contributed by atoms with Crippen molar-refractivity contribution in [3.8, 4) is 12.1 Å². The van der Waals surface area contributed by atoms with Crippen LogP contribution in [-0.2, 0) is 9.59 Å². The van der Waals surface area contributed by atoms with E-state index in [9.17, 15) is 20.1 Å². The van der Waals surface area contributed by atoms with E-state index < -0.39 is 23.4 Å². The van der Waals surface area contributed by atoms with Gasteiger partial charge in [0.15, 0.2) is 11.8 Å². The Kier molecular flexibility index (Phi) is 5.87. The van der Waals surface area contributed by atoms with Crippen molar-refractivity contribution in [2.45, 2.75) is 0 Å². The third-order valence-corrected chi connectivity index (χ3v) is 3.77. The van der Waals surface area contributed by atoms with Gasteiger partial charge in [-0.3, -0.25) is 9.59 Å². The van der Waals surface area contributed by atoms with Gasteiger partial charge in [0.25, 0.3) is 0 Å². The molecular weight excluding hydrogens is 328 g/mol. The van der Waals surface area contributed by atoms with E-state index in [0.717, 1.165) is 0 Å². The molecule has 0 amide bonds. The Morgan fingerprint density at radius 3 is 1.27 bits per heavy atom. The molecule has 6 heteroatoms. The van der Waals surface area contributed by atoms with Crippen molar-refractivity contribution in [3.05, 3.63) is 71.8 Å². The molecule has 2 N–H and O–H groups in total. The number of benzene rings is 2. The first kappa shape index (κ1) is 18.4. The van der Waals surface area contributed by atoms with Crippen molar-refractivity contribution in [2.24, 2.45) is 11.8 Å². The number of nitrogens with zero attached hydrogens (tertiary/aromatic N) is 2. The van der Waals surface area contributed by atoms with E-state index >= 15 is 0 Å². The molecule has 2 atom stereocenters. The molecule has 0 aliphatic rings. The normalized spacial score (nSPS) is 12.1. The van der Waals surface area contributed by atoms with Crippen LogP contribution < -0.4 is 0 Å². The minimum Gasteiger partial charge on any atom is -0.303 e. The summed E-state index contributed by atoms with van der Waals surface area (Å²) >= 11 is 0. The topological polar surface area (TPSA) is 129 Å². The molecule has 0 aromatic heterocycles. The Morgan fingerprint density at radius 1 is 0.692 bits per heavy atom. The largest absolute Gasteiger partial charge is 0.303 e. The van der Waals surface area contributed by atoms with Crippen LogP contribution in [0.3, 0.4) is 0 Å². The van der Waals surface area contributed by atoms with Crippen LogP contribution in [0.5, 0.6) is 0 Å². The van der Waals surface area contributed by atoms with Gasteiger partial charge >= 0.3 is 0 Å². The van der Waals surface area contributed by atoms with Gasteiger partial charge in [-0.05, 0) is 11.1 Å². The van der Waals surface area contributed by atoms with Crippen LogP contribution >= 0.6 is 0 Å². The Labute approximate surface area is 150 Å². The molecule has 0 saturated heterocycles. The third-order valence-electron chi connectivity index (χ3n) is 3.77. The maximum Gasteiger partial charge on any atom is 0.223 e. The van der Waals surface area contributed by atoms with Gasteiger partial charge in [0.05, 0.1) is 23.6 Å². The Morgan fingerprint density at radius 2 is 1.00 bits per heavy atom. The summed E-state index contributed by atoms with van der Waals surface area (Å²) in [5, 5.41) is 34.7. The standard InChI is InChI=1S/C20H14N4O2/c21-11-15(17(23)13-7-3-1-4-8-13)19(25)20(26)16(12-22)18(24)14-9-5-2-6-10-14/h1-10,15-16,23-24H. The number of nitriles is 2. The zero-order valence-electron chi connectivity index (χ0n) is 13.6. The van der Waals surface area contributed by atoms with Crippen LogP contribution in [0.1, 0.15) is 11.1 Å². The van der Waals surface area contributed by atoms with Crippen LogP contribution in [0.15, 0.2) is 60.7 Å². The molecule has 2 aromatic rings. The van der Waals surface area contributed by atoms with E-state index in [1.165, 1.54) is 0 Å². The van der Waals surface area contributed by atoms with Crippen molar-refractivity contribution in [1.29, 1.82) is 21.3 Å². The molecule has 0 aliphatic carbocycles.